The Balaban J connectivity index is 2.36. The van der Waals surface area contributed by atoms with Crippen LogP contribution in [-0.2, 0) is 15.1 Å². The van der Waals surface area contributed by atoms with Crippen LogP contribution in [0.3, 0.4) is 0 Å². The molecule has 0 bridgehead atoms. The van der Waals surface area contributed by atoms with Crippen LogP contribution in [0.2, 0.25) is 5.02 Å². The predicted molar refractivity (Wildman–Crippen MR) is 85.5 cm³/mol. The summed E-state index contributed by atoms with van der Waals surface area (Å²) in [5.41, 5.74) is 0.697. The molecular weight excluding hydrogens is 286 g/mol. The van der Waals surface area contributed by atoms with Gasteiger partial charge in [0.25, 0.3) is 0 Å². The second kappa shape index (κ2) is 6.64. The van der Waals surface area contributed by atoms with Gasteiger partial charge in [-0.25, -0.2) is 4.79 Å². The lowest BCUT2D eigenvalue weighted by atomic mass is 9.91. The minimum Gasteiger partial charge on any atom is -0.464 e. The van der Waals surface area contributed by atoms with Gasteiger partial charge < -0.3 is 10.1 Å². The maximum atomic E-state index is 12.4. The van der Waals surface area contributed by atoms with Crippen LogP contribution in [-0.4, -0.2) is 12.6 Å². The standard InChI is InChI=1S/C17H18ClNO2/c1-3-21-16(20)17(2,13-7-5-4-6-8-13)19-15-11-9-14(18)10-12-15/h4-12,19H,3H2,1-2H3. The molecule has 0 heterocycles. The Bertz CT molecular complexity index is 598. The molecule has 0 aliphatic carbocycles. The highest BCUT2D eigenvalue weighted by Crippen LogP contribution is 2.28. The summed E-state index contributed by atoms with van der Waals surface area (Å²) < 4.78 is 5.23. The van der Waals surface area contributed by atoms with Gasteiger partial charge in [0.1, 0.15) is 0 Å². The Labute approximate surface area is 129 Å². The fourth-order valence-corrected chi connectivity index (χ4v) is 2.24. The second-order valence-corrected chi connectivity index (χ2v) is 5.28. The highest BCUT2D eigenvalue weighted by Gasteiger charge is 2.36. The summed E-state index contributed by atoms with van der Waals surface area (Å²) in [6.07, 6.45) is 0. The van der Waals surface area contributed by atoms with E-state index in [1.54, 1.807) is 19.1 Å². The topological polar surface area (TPSA) is 38.3 Å². The molecule has 0 radical (unpaired) electrons. The van der Waals surface area contributed by atoms with Gasteiger partial charge in [-0.15, -0.1) is 0 Å². The van der Waals surface area contributed by atoms with E-state index in [0.29, 0.717) is 11.6 Å². The van der Waals surface area contributed by atoms with Gasteiger partial charge in [0.05, 0.1) is 6.61 Å². The number of hydrogen-bond donors (Lipinski definition) is 1. The number of esters is 1. The molecule has 1 N–H and O–H groups in total. The normalized spacial score (nSPS) is 13.3. The molecule has 0 aliphatic heterocycles. The highest BCUT2D eigenvalue weighted by molar-refractivity contribution is 6.30. The number of ether oxygens (including phenoxy) is 1. The summed E-state index contributed by atoms with van der Waals surface area (Å²) >= 11 is 5.89. The molecule has 1 atom stereocenters. The molecule has 110 valence electrons. The van der Waals surface area contributed by atoms with Crippen LogP contribution >= 0.6 is 11.6 Å². The number of benzene rings is 2. The molecule has 2 aromatic carbocycles. The lowest BCUT2D eigenvalue weighted by molar-refractivity contribution is -0.148. The van der Waals surface area contributed by atoms with Gasteiger partial charge in [0, 0.05) is 10.7 Å². The van der Waals surface area contributed by atoms with E-state index in [1.165, 1.54) is 0 Å². The van der Waals surface area contributed by atoms with Crippen molar-refractivity contribution in [1.82, 2.24) is 0 Å². The Hall–Kier alpha value is -2.00. The number of hydrogen-bond acceptors (Lipinski definition) is 3. The largest absolute Gasteiger partial charge is 0.464 e. The first-order valence-electron chi connectivity index (χ1n) is 6.83. The minimum absolute atomic E-state index is 0.314. The summed E-state index contributed by atoms with van der Waals surface area (Å²) in [4.78, 5) is 12.4. The molecule has 4 heteroatoms. The molecule has 3 nitrogen and oxygen atoms in total. The first-order valence-corrected chi connectivity index (χ1v) is 7.20. The minimum atomic E-state index is -0.953. The zero-order chi connectivity index (χ0) is 15.3. The summed E-state index contributed by atoms with van der Waals surface area (Å²) in [7, 11) is 0. The van der Waals surface area contributed by atoms with E-state index in [2.05, 4.69) is 5.32 Å². The summed E-state index contributed by atoms with van der Waals surface area (Å²) in [6, 6.07) is 16.7. The van der Waals surface area contributed by atoms with Gasteiger partial charge in [-0.05, 0) is 43.7 Å². The first-order chi connectivity index (χ1) is 10.1. The van der Waals surface area contributed by atoms with Crippen LogP contribution in [0.5, 0.6) is 0 Å². The van der Waals surface area contributed by atoms with Crippen molar-refractivity contribution in [2.45, 2.75) is 19.4 Å². The third-order valence-electron chi connectivity index (χ3n) is 3.27. The number of rotatable bonds is 5. The molecule has 0 saturated heterocycles. The third-order valence-corrected chi connectivity index (χ3v) is 3.53. The first kappa shape index (κ1) is 15.4. The Morgan fingerprint density at radius 2 is 1.76 bits per heavy atom. The van der Waals surface area contributed by atoms with Crippen molar-refractivity contribution in [2.24, 2.45) is 0 Å². The monoisotopic (exact) mass is 303 g/mol. The zero-order valence-electron chi connectivity index (χ0n) is 12.1. The Morgan fingerprint density at radius 1 is 1.14 bits per heavy atom. The molecule has 2 aromatic rings. The van der Waals surface area contributed by atoms with E-state index in [-0.39, 0.29) is 5.97 Å². The van der Waals surface area contributed by atoms with Crippen molar-refractivity contribution < 1.29 is 9.53 Å². The van der Waals surface area contributed by atoms with Crippen LogP contribution in [0.4, 0.5) is 5.69 Å². The third kappa shape index (κ3) is 3.56. The lowest BCUT2D eigenvalue weighted by Crippen LogP contribution is -2.42. The number of carbonyl (C=O) groups is 1. The number of nitrogens with one attached hydrogen (secondary N) is 1. The highest BCUT2D eigenvalue weighted by atomic mass is 35.5. The Morgan fingerprint density at radius 3 is 2.33 bits per heavy atom. The van der Waals surface area contributed by atoms with Crippen LogP contribution in [0, 0.1) is 0 Å². The SMILES string of the molecule is CCOC(=O)C(C)(Nc1ccc(Cl)cc1)c1ccccc1. The van der Waals surface area contributed by atoms with Gasteiger partial charge in [0.15, 0.2) is 5.54 Å². The smallest absolute Gasteiger partial charge is 0.336 e. The molecule has 0 saturated carbocycles. The van der Waals surface area contributed by atoms with E-state index >= 15 is 0 Å². The molecule has 1 unspecified atom stereocenters. The summed E-state index contributed by atoms with van der Waals surface area (Å²) in [5.74, 6) is -0.314. The van der Waals surface area contributed by atoms with Crippen LogP contribution in [0.25, 0.3) is 0 Å². The molecule has 0 aliphatic rings. The predicted octanol–water partition coefficient (Wildman–Crippen LogP) is 4.23. The van der Waals surface area contributed by atoms with E-state index in [0.717, 1.165) is 11.3 Å². The van der Waals surface area contributed by atoms with Gasteiger partial charge in [-0.1, -0.05) is 41.9 Å². The van der Waals surface area contributed by atoms with Crippen molar-refractivity contribution in [2.75, 3.05) is 11.9 Å². The van der Waals surface area contributed by atoms with E-state index < -0.39 is 5.54 Å². The average molecular weight is 304 g/mol. The van der Waals surface area contributed by atoms with E-state index in [9.17, 15) is 4.79 Å². The molecule has 0 amide bonds. The second-order valence-electron chi connectivity index (χ2n) is 4.84. The van der Waals surface area contributed by atoms with Crippen molar-refractivity contribution in [1.29, 1.82) is 0 Å². The van der Waals surface area contributed by atoms with Crippen molar-refractivity contribution >= 4 is 23.3 Å². The van der Waals surface area contributed by atoms with Crippen molar-refractivity contribution in [3.05, 3.63) is 65.2 Å². The van der Waals surface area contributed by atoms with Crippen LogP contribution in [0.15, 0.2) is 54.6 Å². The average Bonchev–Trinajstić information content (AvgIpc) is 2.50. The summed E-state index contributed by atoms with van der Waals surface area (Å²) in [6.45, 7) is 3.95. The fourth-order valence-electron chi connectivity index (χ4n) is 2.11. The molecule has 0 aromatic heterocycles. The summed E-state index contributed by atoms with van der Waals surface area (Å²) in [5, 5.41) is 3.90. The molecule has 2 rings (SSSR count). The molecule has 0 fully saturated rings. The van der Waals surface area contributed by atoms with Gasteiger partial charge in [0.2, 0.25) is 0 Å². The molecule has 21 heavy (non-hydrogen) atoms. The van der Waals surface area contributed by atoms with E-state index in [1.807, 2.05) is 49.4 Å². The number of carbonyl (C=O) groups excluding carboxylic acids is 1. The maximum absolute atomic E-state index is 12.4. The van der Waals surface area contributed by atoms with Gasteiger partial charge >= 0.3 is 5.97 Å². The molecule has 0 spiro atoms. The lowest BCUT2D eigenvalue weighted by Gasteiger charge is -2.30. The molecular formula is C17H18ClNO2. The maximum Gasteiger partial charge on any atom is 0.336 e. The zero-order valence-corrected chi connectivity index (χ0v) is 12.9. The number of halogens is 1. The fraction of sp³-hybridized carbons (Fsp3) is 0.235. The van der Waals surface area contributed by atoms with Gasteiger partial charge in [-0.3, -0.25) is 0 Å². The quantitative estimate of drug-likeness (QED) is 0.840. The Kier molecular flexibility index (Phi) is 4.86. The van der Waals surface area contributed by atoms with Crippen molar-refractivity contribution in [3.8, 4) is 0 Å². The van der Waals surface area contributed by atoms with E-state index in [4.69, 9.17) is 16.3 Å². The van der Waals surface area contributed by atoms with Crippen LogP contribution in [0.1, 0.15) is 19.4 Å². The van der Waals surface area contributed by atoms with Crippen molar-refractivity contribution in [3.63, 3.8) is 0 Å². The number of anilines is 1. The van der Waals surface area contributed by atoms with Gasteiger partial charge in [-0.2, -0.15) is 0 Å². The van der Waals surface area contributed by atoms with Crippen LogP contribution < -0.4 is 5.32 Å².